The molecule has 92 valence electrons. The molecule has 0 radical (unpaired) electrons. The van der Waals surface area contributed by atoms with E-state index in [1.54, 1.807) is 7.11 Å². The Bertz CT molecular complexity index is 427. The van der Waals surface area contributed by atoms with Crippen LogP contribution in [-0.2, 0) is 5.41 Å². The first-order chi connectivity index (χ1) is 7.90. The summed E-state index contributed by atoms with van der Waals surface area (Å²) in [6.45, 7) is 6.84. The van der Waals surface area contributed by atoms with E-state index in [-0.39, 0.29) is 5.41 Å². The van der Waals surface area contributed by atoms with Crippen LogP contribution < -0.4 is 9.64 Å². The molecule has 0 aliphatic rings. The van der Waals surface area contributed by atoms with Gasteiger partial charge >= 0.3 is 0 Å². The number of rotatable bonds is 3. The van der Waals surface area contributed by atoms with Gasteiger partial charge in [-0.2, -0.15) is 5.26 Å². The van der Waals surface area contributed by atoms with Gasteiger partial charge in [0.1, 0.15) is 12.3 Å². The zero-order valence-electron chi connectivity index (χ0n) is 11.2. The van der Waals surface area contributed by atoms with Gasteiger partial charge in [-0.25, -0.2) is 0 Å². The van der Waals surface area contributed by atoms with E-state index in [9.17, 15) is 0 Å². The first-order valence-corrected chi connectivity index (χ1v) is 5.66. The van der Waals surface area contributed by atoms with Crippen LogP contribution in [0.3, 0.4) is 0 Å². The molecule has 0 saturated carbocycles. The minimum Gasteiger partial charge on any atom is -0.496 e. The smallest absolute Gasteiger partial charge is 0.122 e. The molecule has 0 saturated heterocycles. The van der Waals surface area contributed by atoms with E-state index in [0.717, 1.165) is 17.0 Å². The minimum atomic E-state index is 0.0227. The number of ether oxygens (including phenoxy) is 1. The Morgan fingerprint density at radius 3 is 2.47 bits per heavy atom. The van der Waals surface area contributed by atoms with E-state index in [4.69, 9.17) is 10.00 Å². The average molecular weight is 232 g/mol. The summed E-state index contributed by atoms with van der Waals surface area (Å²) in [5.41, 5.74) is 2.22. The predicted molar refractivity (Wildman–Crippen MR) is 70.6 cm³/mol. The summed E-state index contributed by atoms with van der Waals surface area (Å²) in [4.78, 5) is 1.93. The standard InChI is InChI=1S/C14H20N2O/c1-14(2,3)12-10-11(16(4)9-8-15)6-7-13(12)17-5/h6-7,10H,9H2,1-5H3. The van der Waals surface area contributed by atoms with Crippen LogP contribution in [0.15, 0.2) is 18.2 Å². The molecule has 1 aromatic rings. The summed E-state index contributed by atoms with van der Waals surface area (Å²) >= 11 is 0. The molecule has 1 rings (SSSR count). The first kappa shape index (κ1) is 13.4. The van der Waals surface area contributed by atoms with E-state index < -0.39 is 0 Å². The highest BCUT2D eigenvalue weighted by Crippen LogP contribution is 2.34. The molecule has 0 bridgehead atoms. The van der Waals surface area contributed by atoms with Crippen molar-refractivity contribution in [3.05, 3.63) is 23.8 Å². The molecule has 0 aromatic heterocycles. The molecule has 3 nitrogen and oxygen atoms in total. The molecule has 0 heterocycles. The van der Waals surface area contributed by atoms with E-state index >= 15 is 0 Å². The van der Waals surface area contributed by atoms with Crippen LogP contribution in [0.4, 0.5) is 5.69 Å². The molecule has 0 amide bonds. The molecule has 0 aliphatic carbocycles. The van der Waals surface area contributed by atoms with Crippen molar-refractivity contribution in [3.63, 3.8) is 0 Å². The zero-order chi connectivity index (χ0) is 13.1. The van der Waals surface area contributed by atoms with Gasteiger partial charge in [-0.1, -0.05) is 20.8 Å². The summed E-state index contributed by atoms with van der Waals surface area (Å²) in [6, 6.07) is 8.18. The SMILES string of the molecule is COc1ccc(N(C)CC#N)cc1C(C)(C)C. The van der Waals surface area contributed by atoms with Gasteiger partial charge < -0.3 is 9.64 Å². The highest BCUT2D eigenvalue weighted by atomic mass is 16.5. The minimum absolute atomic E-state index is 0.0227. The van der Waals surface area contributed by atoms with E-state index in [1.807, 2.05) is 24.1 Å². The molecule has 3 heteroatoms. The second kappa shape index (κ2) is 5.09. The van der Waals surface area contributed by atoms with Crippen LogP contribution in [0.2, 0.25) is 0 Å². The topological polar surface area (TPSA) is 36.3 Å². The van der Waals surface area contributed by atoms with Crippen molar-refractivity contribution in [2.45, 2.75) is 26.2 Å². The monoisotopic (exact) mass is 232 g/mol. The van der Waals surface area contributed by atoms with E-state index in [2.05, 4.69) is 32.9 Å². The molecule has 0 unspecified atom stereocenters. The van der Waals surface area contributed by atoms with Crippen LogP contribution in [0, 0.1) is 11.3 Å². The molecule has 0 atom stereocenters. The van der Waals surface area contributed by atoms with Gasteiger partial charge in [-0.15, -0.1) is 0 Å². The first-order valence-electron chi connectivity index (χ1n) is 5.66. The Hall–Kier alpha value is -1.69. The number of anilines is 1. The third-order valence-corrected chi connectivity index (χ3v) is 2.74. The number of methoxy groups -OCH3 is 1. The maximum atomic E-state index is 8.71. The largest absolute Gasteiger partial charge is 0.496 e. The molecule has 0 aliphatic heterocycles. The lowest BCUT2D eigenvalue weighted by Gasteiger charge is -2.25. The van der Waals surface area contributed by atoms with Crippen LogP contribution in [0.1, 0.15) is 26.3 Å². The van der Waals surface area contributed by atoms with Crippen LogP contribution in [0.25, 0.3) is 0 Å². The fourth-order valence-electron chi connectivity index (χ4n) is 1.72. The molecular weight excluding hydrogens is 212 g/mol. The summed E-state index contributed by atoms with van der Waals surface area (Å²) in [5.74, 6) is 0.895. The Kier molecular flexibility index (Phi) is 4.01. The Morgan fingerprint density at radius 2 is 2.00 bits per heavy atom. The van der Waals surface area contributed by atoms with E-state index in [1.165, 1.54) is 0 Å². The van der Waals surface area contributed by atoms with Gasteiger partial charge in [-0.3, -0.25) is 0 Å². The maximum Gasteiger partial charge on any atom is 0.122 e. The van der Waals surface area contributed by atoms with Crippen molar-refractivity contribution in [1.29, 1.82) is 5.26 Å². The van der Waals surface area contributed by atoms with Gasteiger partial charge in [0.25, 0.3) is 0 Å². The Labute approximate surface area is 104 Å². The molecule has 0 spiro atoms. The summed E-state index contributed by atoms with van der Waals surface area (Å²) in [6.07, 6.45) is 0. The number of benzene rings is 1. The van der Waals surface area contributed by atoms with Crippen molar-refractivity contribution >= 4 is 5.69 Å². The normalized spacial score (nSPS) is 10.8. The van der Waals surface area contributed by atoms with E-state index in [0.29, 0.717) is 6.54 Å². The predicted octanol–water partition coefficient (Wildman–Crippen LogP) is 2.95. The van der Waals surface area contributed by atoms with Gasteiger partial charge in [-0.05, 0) is 23.6 Å². The summed E-state index contributed by atoms with van der Waals surface area (Å²) < 4.78 is 5.38. The number of nitrogens with zero attached hydrogens (tertiary/aromatic N) is 2. The second-order valence-electron chi connectivity index (χ2n) is 5.15. The van der Waals surface area contributed by atoms with Crippen LogP contribution >= 0.6 is 0 Å². The van der Waals surface area contributed by atoms with Crippen molar-refractivity contribution in [2.24, 2.45) is 0 Å². The lowest BCUT2D eigenvalue weighted by atomic mass is 9.86. The van der Waals surface area contributed by atoms with Gasteiger partial charge in [0.05, 0.1) is 13.2 Å². The molecule has 17 heavy (non-hydrogen) atoms. The maximum absolute atomic E-state index is 8.71. The van der Waals surface area contributed by atoms with Crippen molar-refractivity contribution < 1.29 is 4.74 Å². The third-order valence-electron chi connectivity index (χ3n) is 2.74. The fourth-order valence-corrected chi connectivity index (χ4v) is 1.72. The Morgan fingerprint density at radius 1 is 1.35 bits per heavy atom. The number of hydrogen-bond acceptors (Lipinski definition) is 3. The van der Waals surface area contributed by atoms with Crippen LogP contribution in [0.5, 0.6) is 5.75 Å². The van der Waals surface area contributed by atoms with Crippen LogP contribution in [-0.4, -0.2) is 20.7 Å². The quantitative estimate of drug-likeness (QED) is 0.752. The summed E-state index contributed by atoms with van der Waals surface area (Å²) in [5, 5.41) is 8.71. The molecule has 0 fully saturated rings. The average Bonchev–Trinajstić information content (AvgIpc) is 2.27. The highest BCUT2D eigenvalue weighted by molar-refractivity contribution is 5.55. The Balaban J connectivity index is 3.19. The molecular formula is C14H20N2O. The van der Waals surface area contributed by atoms with Gasteiger partial charge in [0, 0.05) is 18.3 Å². The highest BCUT2D eigenvalue weighted by Gasteiger charge is 2.19. The van der Waals surface area contributed by atoms with Gasteiger partial charge in [0.15, 0.2) is 0 Å². The molecule has 1 aromatic carbocycles. The number of nitriles is 1. The molecule has 0 N–H and O–H groups in total. The van der Waals surface area contributed by atoms with Crippen molar-refractivity contribution in [1.82, 2.24) is 0 Å². The third kappa shape index (κ3) is 3.13. The summed E-state index contributed by atoms with van der Waals surface area (Å²) in [7, 11) is 3.60. The van der Waals surface area contributed by atoms with Crippen molar-refractivity contribution in [3.8, 4) is 11.8 Å². The van der Waals surface area contributed by atoms with Gasteiger partial charge in [0.2, 0.25) is 0 Å². The lowest BCUT2D eigenvalue weighted by Crippen LogP contribution is -2.19. The lowest BCUT2D eigenvalue weighted by molar-refractivity contribution is 0.397. The fraction of sp³-hybridized carbons (Fsp3) is 0.500. The number of hydrogen-bond donors (Lipinski definition) is 0. The van der Waals surface area contributed by atoms with Crippen molar-refractivity contribution in [2.75, 3.05) is 25.6 Å². The zero-order valence-corrected chi connectivity index (χ0v) is 11.2. The second-order valence-corrected chi connectivity index (χ2v) is 5.15.